The van der Waals surface area contributed by atoms with Gasteiger partial charge in [-0.2, -0.15) is 13.1 Å². The number of aromatic nitrogens is 1. The first-order valence-corrected chi connectivity index (χ1v) is 10.1. The number of benzene rings is 1. The number of rotatable bonds is 5. The maximum absolute atomic E-state index is 12.8. The molecule has 0 radical (unpaired) electrons. The van der Waals surface area contributed by atoms with Crippen LogP contribution in [0.1, 0.15) is 0 Å². The Labute approximate surface area is 165 Å². The van der Waals surface area contributed by atoms with Gasteiger partial charge in [-0.3, -0.25) is 0 Å². The van der Waals surface area contributed by atoms with Gasteiger partial charge in [0.1, 0.15) is 11.6 Å². The molecule has 2 aromatic rings. The Morgan fingerprint density at radius 3 is 2.37 bits per heavy atom. The van der Waals surface area contributed by atoms with Crippen LogP contribution in [-0.2, 0) is 10.0 Å². The van der Waals surface area contributed by atoms with Crippen LogP contribution in [0.4, 0.5) is 14.6 Å². The number of anilines is 1. The molecule has 0 spiro atoms. The molecule has 0 bridgehead atoms. The molecule has 0 saturated carbocycles. The fourth-order valence-electron chi connectivity index (χ4n) is 2.73. The molecule has 6 nitrogen and oxygen atoms in total. The van der Waals surface area contributed by atoms with Crippen LogP contribution in [0, 0.1) is 0 Å². The Hall–Kier alpha value is -1.68. The third-order valence-electron chi connectivity index (χ3n) is 4.03. The average Bonchev–Trinajstić information content (AvgIpc) is 2.63. The van der Waals surface area contributed by atoms with Crippen LogP contribution in [-0.4, -0.2) is 50.5 Å². The van der Waals surface area contributed by atoms with Crippen molar-refractivity contribution in [2.75, 3.05) is 31.1 Å². The van der Waals surface area contributed by atoms with Crippen LogP contribution >= 0.6 is 23.2 Å². The van der Waals surface area contributed by atoms with Crippen molar-refractivity contribution in [3.8, 4) is 5.75 Å². The molecule has 0 unspecified atom stereocenters. The van der Waals surface area contributed by atoms with E-state index in [9.17, 15) is 17.2 Å². The maximum atomic E-state index is 12.8. The minimum absolute atomic E-state index is 0.0848. The summed E-state index contributed by atoms with van der Waals surface area (Å²) in [7, 11) is -3.82. The number of ether oxygens (including phenoxy) is 1. The van der Waals surface area contributed by atoms with E-state index in [0.717, 1.165) is 12.1 Å². The van der Waals surface area contributed by atoms with Crippen LogP contribution in [0.5, 0.6) is 5.75 Å². The predicted molar refractivity (Wildman–Crippen MR) is 98.3 cm³/mol. The van der Waals surface area contributed by atoms with E-state index in [1.807, 2.05) is 4.90 Å². The summed E-state index contributed by atoms with van der Waals surface area (Å²) in [5.74, 6) is 0.327. The lowest BCUT2D eigenvalue weighted by Gasteiger charge is -2.35. The van der Waals surface area contributed by atoms with Crippen molar-refractivity contribution in [2.24, 2.45) is 0 Å². The number of sulfonamides is 1. The summed E-state index contributed by atoms with van der Waals surface area (Å²) in [5.41, 5.74) is 0. The van der Waals surface area contributed by atoms with E-state index in [2.05, 4.69) is 9.72 Å². The van der Waals surface area contributed by atoms with E-state index >= 15 is 0 Å². The Kier molecular flexibility index (Phi) is 6.05. The Bertz CT molecular complexity index is 923. The molecule has 3 rings (SSSR count). The summed E-state index contributed by atoms with van der Waals surface area (Å²) in [6, 6.07) is 6.86. The highest BCUT2D eigenvalue weighted by molar-refractivity contribution is 7.89. The van der Waals surface area contributed by atoms with Gasteiger partial charge in [0, 0.05) is 32.4 Å². The summed E-state index contributed by atoms with van der Waals surface area (Å²) in [4.78, 5) is 6.04. The monoisotopic (exact) mass is 437 g/mol. The first kappa shape index (κ1) is 20.1. The molecule has 0 aliphatic carbocycles. The summed E-state index contributed by atoms with van der Waals surface area (Å²) in [5, 5.41) is 0.297. The zero-order chi connectivity index (χ0) is 19.6. The lowest BCUT2D eigenvalue weighted by Crippen LogP contribution is -2.49. The fourth-order valence-corrected chi connectivity index (χ4v) is 4.71. The van der Waals surface area contributed by atoms with Crippen molar-refractivity contribution in [1.82, 2.24) is 9.29 Å². The lowest BCUT2D eigenvalue weighted by atomic mass is 10.3. The highest BCUT2D eigenvalue weighted by Gasteiger charge is 2.30. The minimum atomic E-state index is -3.82. The molecular weight excluding hydrogens is 423 g/mol. The summed E-state index contributed by atoms with van der Waals surface area (Å²) in [6.07, 6.45) is 1.62. The Morgan fingerprint density at radius 2 is 1.78 bits per heavy atom. The summed E-state index contributed by atoms with van der Waals surface area (Å²) < 4.78 is 55.7. The fraction of sp³-hybridized carbons (Fsp3) is 0.312. The van der Waals surface area contributed by atoms with E-state index in [0.29, 0.717) is 23.9 Å². The molecule has 1 saturated heterocycles. The minimum Gasteiger partial charge on any atom is -0.433 e. The van der Waals surface area contributed by atoms with Gasteiger partial charge in [0.25, 0.3) is 0 Å². The molecule has 0 N–H and O–H groups in total. The topological polar surface area (TPSA) is 62.7 Å². The van der Waals surface area contributed by atoms with Crippen LogP contribution in [0.15, 0.2) is 41.4 Å². The first-order chi connectivity index (χ1) is 12.8. The second-order valence-corrected chi connectivity index (χ2v) is 8.42. The summed E-state index contributed by atoms with van der Waals surface area (Å²) in [6.45, 7) is -1.77. The van der Waals surface area contributed by atoms with Crippen LogP contribution < -0.4 is 9.64 Å². The highest BCUT2D eigenvalue weighted by atomic mass is 35.5. The highest BCUT2D eigenvalue weighted by Crippen LogP contribution is 2.31. The van der Waals surface area contributed by atoms with Crippen molar-refractivity contribution >= 4 is 39.0 Å². The van der Waals surface area contributed by atoms with Gasteiger partial charge < -0.3 is 9.64 Å². The number of pyridine rings is 1. The van der Waals surface area contributed by atoms with Crippen LogP contribution in [0.2, 0.25) is 10.0 Å². The van der Waals surface area contributed by atoms with E-state index < -0.39 is 16.6 Å². The number of hydrogen-bond acceptors (Lipinski definition) is 5. The molecule has 1 fully saturated rings. The molecule has 1 aromatic carbocycles. The Morgan fingerprint density at radius 1 is 1.07 bits per heavy atom. The van der Waals surface area contributed by atoms with Crippen LogP contribution in [0.25, 0.3) is 0 Å². The third kappa shape index (κ3) is 4.43. The normalized spacial score (nSPS) is 16.0. The molecule has 0 atom stereocenters. The molecular formula is C16H15Cl2F2N3O3S. The van der Waals surface area contributed by atoms with Gasteiger partial charge in [-0.05, 0) is 30.3 Å². The van der Waals surface area contributed by atoms with Crippen molar-refractivity contribution < 1.29 is 21.9 Å². The number of piperazine rings is 1. The molecule has 1 aliphatic rings. The van der Waals surface area contributed by atoms with E-state index in [4.69, 9.17) is 23.2 Å². The van der Waals surface area contributed by atoms with Crippen LogP contribution in [0.3, 0.4) is 0 Å². The van der Waals surface area contributed by atoms with Crippen molar-refractivity contribution in [2.45, 2.75) is 11.5 Å². The molecule has 27 heavy (non-hydrogen) atoms. The number of halogens is 4. The number of nitrogens with zero attached hydrogens (tertiary/aromatic N) is 3. The molecule has 11 heteroatoms. The number of hydrogen-bond donors (Lipinski definition) is 0. The Balaban J connectivity index is 1.73. The van der Waals surface area contributed by atoms with Gasteiger partial charge >= 0.3 is 6.61 Å². The maximum Gasteiger partial charge on any atom is 0.387 e. The molecule has 2 heterocycles. The molecule has 1 aromatic heterocycles. The number of alkyl halides is 2. The average molecular weight is 438 g/mol. The largest absolute Gasteiger partial charge is 0.433 e. The lowest BCUT2D eigenvalue weighted by molar-refractivity contribution is -0.0498. The van der Waals surface area contributed by atoms with Gasteiger partial charge in [0.15, 0.2) is 0 Å². The standard InChI is InChI=1S/C16H15Cl2F2N3O3S/c17-12-2-1-5-21-15(12)22-6-8-23(9-7-22)27(24,25)11-3-4-14(13(18)10-11)26-16(19)20/h1-5,10,16H,6-9H2. The molecule has 0 amide bonds. The quantitative estimate of drug-likeness (QED) is 0.715. The van der Waals surface area contributed by atoms with Crippen molar-refractivity contribution in [3.05, 3.63) is 46.6 Å². The van der Waals surface area contributed by atoms with Gasteiger partial charge in [0.05, 0.1) is 14.9 Å². The van der Waals surface area contributed by atoms with Gasteiger partial charge in [-0.1, -0.05) is 23.2 Å². The molecule has 1 aliphatic heterocycles. The van der Waals surface area contributed by atoms with Crippen molar-refractivity contribution in [1.29, 1.82) is 0 Å². The van der Waals surface area contributed by atoms with Gasteiger partial charge in [-0.15, -0.1) is 0 Å². The SMILES string of the molecule is O=S(=O)(c1ccc(OC(F)F)c(Cl)c1)N1CCN(c2ncccc2Cl)CC1. The summed E-state index contributed by atoms with van der Waals surface area (Å²) >= 11 is 12.0. The zero-order valence-electron chi connectivity index (χ0n) is 13.9. The van der Waals surface area contributed by atoms with E-state index in [1.165, 1.54) is 10.4 Å². The van der Waals surface area contributed by atoms with E-state index in [-0.39, 0.29) is 28.8 Å². The first-order valence-electron chi connectivity index (χ1n) is 7.89. The van der Waals surface area contributed by atoms with Gasteiger partial charge in [-0.25, -0.2) is 13.4 Å². The second kappa shape index (κ2) is 8.14. The smallest absolute Gasteiger partial charge is 0.387 e. The second-order valence-electron chi connectivity index (χ2n) is 5.67. The van der Waals surface area contributed by atoms with Crippen molar-refractivity contribution in [3.63, 3.8) is 0 Å². The third-order valence-corrected chi connectivity index (χ3v) is 6.52. The zero-order valence-corrected chi connectivity index (χ0v) is 16.2. The van der Waals surface area contributed by atoms with E-state index in [1.54, 1.807) is 18.3 Å². The molecule has 146 valence electrons. The van der Waals surface area contributed by atoms with Gasteiger partial charge in [0.2, 0.25) is 10.0 Å². The predicted octanol–water partition coefficient (Wildman–Crippen LogP) is 3.50.